The molecule has 2 saturated heterocycles. The number of nitrogen functional groups attached to an aromatic ring is 1. The Labute approximate surface area is 125 Å². The van der Waals surface area contributed by atoms with Gasteiger partial charge in [-0.05, 0) is 22.0 Å². The Kier molecular flexibility index (Phi) is 3.88. The van der Waals surface area contributed by atoms with Gasteiger partial charge < -0.3 is 19.9 Å². The molecule has 0 saturated carbocycles. The fourth-order valence-electron chi connectivity index (χ4n) is 2.77. The highest BCUT2D eigenvalue weighted by molar-refractivity contribution is 9.10. The van der Waals surface area contributed by atoms with Crippen LogP contribution >= 0.6 is 15.9 Å². The third kappa shape index (κ3) is 2.77. The predicted octanol–water partition coefficient (Wildman–Crippen LogP) is 2.89. The van der Waals surface area contributed by atoms with Crippen LogP contribution in [0.1, 0.15) is 19.3 Å². The molecule has 2 aliphatic rings. The van der Waals surface area contributed by atoms with Crippen LogP contribution in [-0.2, 0) is 9.47 Å². The van der Waals surface area contributed by atoms with Crippen molar-refractivity contribution < 1.29 is 18.6 Å². The fourth-order valence-corrected chi connectivity index (χ4v) is 3.13. The van der Waals surface area contributed by atoms with Gasteiger partial charge in [0.05, 0.1) is 29.0 Å². The van der Waals surface area contributed by atoms with Crippen LogP contribution in [0.4, 0.5) is 10.1 Å². The summed E-state index contributed by atoms with van der Waals surface area (Å²) in [6, 6.07) is 2.85. The average molecular weight is 346 g/mol. The van der Waals surface area contributed by atoms with Crippen molar-refractivity contribution in [3.05, 3.63) is 22.4 Å². The van der Waals surface area contributed by atoms with E-state index in [1.54, 1.807) is 0 Å². The minimum absolute atomic E-state index is 0.0201. The fraction of sp³-hybridized carbons (Fsp3) is 0.571. The Morgan fingerprint density at radius 3 is 3.00 bits per heavy atom. The zero-order valence-electron chi connectivity index (χ0n) is 11.0. The Morgan fingerprint density at radius 2 is 2.25 bits per heavy atom. The third-order valence-corrected chi connectivity index (χ3v) is 4.47. The van der Waals surface area contributed by atoms with Gasteiger partial charge in [-0.3, -0.25) is 0 Å². The lowest BCUT2D eigenvalue weighted by molar-refractivity contribution is -0.112. The van der Waals surface area contributed by atoms with Crippen LogP contribution in [0.15, 0.2) is 16.6 Å². The van der Waals surface area contributed by atoms with E-state index in [1.165, 1.54) is 12.1 Å². The van der Waals surface area contributed by atoms with E-state index in [-0.39, 0.29) is 17.5 Å². The second-order valence-electron chi connectivity index (χ2n) is 5.37. The summed E-state index contributed by atoms with van der Waals surface area (Å²) in [6.07, 6.45) is 2.40. The molecule has 0 amide bonds. The van der Waals surface area contributed by atoms with Crippen molar-refractivity contribution in [2.45, 2.75) is 31.0 Å². The van der Waals surface area contributed by atoms with E-state index >= 15 is 0 Å². The molecule has 6 heteroatoms. The van der Waals surface area contributed by atoms with Gasteiger partial charge in [-0.25, -0.2) is 4.39 Å². The number of benzene rings is 1. The van der Waals surface area contributed by atoms with Gasteiger partial charge in [0, 0.05) is 31.9 Å². The van der Waals surface area contributed by atoms with Crippen LogP contribution in [0.25, 0.3) is 0 Å². The summed E-state index contributed by atoms with van der Waals surface area (Å²) in [6.45, 7) is 1.96. The number of rotatable bonds is 2. The minimum Gasteiger partial charge on any atom is -0.488 e. The topological polar surface area (TPSA) is 53.7 Å². The molecule has 2 heterocycles. The maximum Gasteiger partial charge on any atom is 0.145 e. The average Bonchev–Trinajstić information content (AvgIpc) is 2.84. The van der Waals surface area contributed by atoms with Crippen molar-refractivity contribution in [3.8, 4) is 5.75 Å². The number of halogens is 2. The molecule has 2 atom stereocenters. The maximum absolute atomic E-state index is 13.6. The van der Waals surface area contributed by atoms with Crippen molar-refractivity contribution >= 4 is 21.6 Å². The number of ether oxygens (including phenoxy) is 3. The molecule has 0 aliphatic carbocycles. The van der Waals surface area contributed by atoms with E-state index < -0.39 is 0 Å². The summed E-state index contributed by atoms with van der Waals surface area (Å²) < 4.78 is 31.1. The monoisotopic (exact) mass is 345 g/mol. The molecule has 2 aliphatic heterocycles. The van der Waals surface area contributed by atoms with E-state index in [9.17, 15) is 4.39 Å². The van der Waals surface area contributed by atoms with Crippen molar-refractivity contribution in [3.63, 3.8) is 0 Å². The number of hydrogen-bond acceptors (Lipinski definition) is 4. The van der Waals surface area contributed by atoms with Gasteiger partial charge in [0.15, 0.2) is 0 Å². The second-order valence-corrected chi connectivity index (χ2v) is 6.23. The van der Waals surface area contributed by atoms with E-state index in [0.717, 1.165) is 25.9 Å². The van der Waals surface area contributed by atoms with Gasteiger partial charge in [-0.2, -0.15) is 0 Å². The van der Waals surface area contributed by atoms with Crippen LogP contribution < -0.4 is 10.5 Å². The summed E-state index contributed by atoms with van der Waals surface area (Å²) >= 11 is 3.11. The highest BCUT2D eigenvalue weighted by Crippen LogP contribution is 2.36. The SMILES string of the molecule is Nc1cc(Br)c(F)cc1OC1CCOC2(CCOC2)C1. The molecule has 2 fully saturated rings. The normalized spacial score (nSPS) is 29.8. The van der Waals surface area contributed by atoms with Crippen LogP contribution in [0.2, 0.25) is 0 Å². The molecule has 0 radical (unpaired) electrons. The molecule has 0 bridgehead atoms. The number of anilines is 1. The lowest BCUT2D eigenvalue weighted by Crippen LogP contribution is -2.44. The van der Waals surface area contributed by atoms with E-state index in [2.05, 4.69) is 15.9 Å². The van der Waals surface area contributed by atoms with Gasteiger partial charge in [-0.1, -0.05) is 0 Å². The zero-order chi connectivity index (χ0) is 14.2. The number of nitrogens with two attached hydrogens (primary N) is 1. The first-order chi connectivity index (χ1) is 9.58. The summed E-state index contributed by atoms with van der Waals surface area (Å²) in [7, 11) is 0. The quantitative estimate of drug-likeness (QED) is 0.837. The molecule has 1 aromatic carbocycles. The van der Waals surface area contributed by atoms with Crippen LogP contribution in [0, 0.1) is 5.82 Å². The summed E-state index contributed by atoms with van der Waals surface area (Å²) in [5, 5.41) is 0. The molecular formula is C14H17BrFNO3. The van der Waals surface area contributed by atoms with E-state index in [1.807, 2.05) is 0 Å². The Bertz CT molecular complexity index is 505. The Hall–Kier alpha value is -0.850. The highest BCUT2D eigenvalue weighted by atomic mass is 79.9. The molecule has 3 rings (SSSR count). The van der Waals surface area contributed by atoms with Crippen molar-refractivity contribution in [1.29, 1.82) is 0 Å². The van der Waals surface area contributed by atoms with Gasteiger partial charge in [-0.15, -0.1) is 0 Å². The summed E-state index contributed by atoms with van der Waals surface area (Å²) in [5.41, 5.74) is 6.08. The number of hydrogen-bond donors (Lipinski definition) is 1. The Balaban J connectivity index is 1.73. The largest absolute Gasteiger partial charge is 0.488 e. The van der Waals surface area contributed by atoms with Crippen LogP contribution in [0.5, 0.6) is 5.75 Å². The molecule has 4 nitrogen and oxygen atoms in total. The predicted molar refractivity (Wildman–Crippen MR) is 76.3 cm³/mol. The molecule has 20 heavy (non-hydrogen) atoms. The first-order valence-electron chi connectivity index (χ1n) is 6.71. The molecule has 1 spiro atoms. The Morgan fingerprint density at radius 1 is 1.40 bits per heavy atom. The molecule has 0 aromatic heterocycles. The molecular weight excluding hydrogens is 329 g/mol. The lowest BCUT2D eigenvalue weighted by atomic mass is 9.91. The first kappa shape index (κ1) is 14.1. The highest BCUT2D eigenvalue weighted by Gasteiger charge is 2.41. The molecule has 2 N–H and O–H groups in total. The van der Waals surface area contributed by atoms with Crippen molar-refractivity contribution in [1.82, 2.24) is 0 Å². The molecule has 1 aromatic rings. The first-order valence-corrected chi connectivity index (χ1v) is 7.50. The summed E-state index contributed by atoms with van der Waals surface area (Å²) in [5.74, 6) is 0.0202. The molecule has 110 valence electrons. The van der Waals surface area contributed by atoms with Crippen LogP contribution in [0.3, 0.4) is 0 Å². The third-order valence-electron chi connectivity index (χ3n) is 3.86. The van der Waals surface area contributed by atoms with Gasteiger partial charge >= 0.3 is 0 Å². The smallest absolute Gasteiger partial charge is 0.145 e. The molecule has 2 unspecified atom stereocenters. The minimum atomic E-state index is -0.375. The second kappa shape index (κ2) is 5.50. The van der Waals surface area contributed by atoms with Crippen LogP contribution in [-0.4, -0.2) is 31.5 Å². The lowest BCUT2D eigenvalue weighted by Gasteiger charge is -2.37. The van der Waals surface area contributed by atoms with Crippen molar-refractivity contribution in [2.75, 3.05) is 25.6 Å². The van der Waals surface area contributed by atoms with E-state index in [0.29, 0.717) is 29.1 Å². The maximum atomic E-state index is 13.6. The standard InChI is InChI=1S/C14H17BrFNO3/c15-10-5-12(17)13(6-11(10)16)20-9-1-3-19-14(7-9)2-4-18-8-14/h5-6,9H,1-4,7-8,17H2. The van der Waals surface area contributed by atoms with Gasteiger partial charge in [0.25, 0.3) is 0 Å². The van der Waals surface area contributed by atoms with Gasteiger partial charge in [0.1, 0.15) is 17.7 Å². The van der Waals surface area contributed by atoms with E-state index in [4.69, 9.17) is 19.9 Å². The van der Waals surface area contributed by atoms with Gasteiger partial charge in [0.2, 0.25) is 0 Å². The summed E-state index contributed by atoms with van der Waals surface area (Å²) in [4.78, 5) is 0. The van der Waals surface area contributed by atoms with Crippen molar-refractivity contribution in [2.24, 2.45) is 0 Å². The zero-order valence-corrected chi connectivity index (χ0v) is 12.6.